The van der Waals surface area contributed by atoms with Crippen LogP contribution in [-0.2, 0) is 26.3 Å². The van der Waals surface area contributed by atoms with Crippen LogP contribution in [0.15, 0.2) is 66.7 Å². The van der Waals surface area contributed by atoms with Gasteiger partial charge in [0.2, 0.25) is 5.91 Å². The highest BCUT2D eigenvalue weighted by atomic mass is 127. The average Bonchev–Trinajstić information content (AvgIpc) is 3.38. The van der Waals surface area contributed by atoms with Crippen molar-refractivity contribution in [2.45, 2.75) is 24.5 Å². The van der Waals surface area contributed by atoms with E-state index in [9.17, 15) is 19.2 Å². The number of benzene rings is 3. The molecular formula is C29H26ClIN4O6. The quantitative estimate of drug-likeness (QED) is 0.308. The van der Waals surface area contributed by atoms with Gasteiger partial charge in [-0.1, -0.05) is 23.7 Å². The van der Waals surface area contributed by atoms with Gasteiger partial charge in [-0.05, 0) is 82.8 Å². The molecule has 12 heteroatoms. The second kappa shape index (κ2) is 12.0. The number of hydrogen-bond acceptors (Lipinski definition) is 6. The van der Waals surface area contributed by atoms with E-state index in [1.807, 2.05) is 24.3 Å². The van der Waals surface area contributed by atoms with Crippen molar-refractivity contribution in [3.63, 3.8) is 0 Å². The van der Waals surface area contributed by atoms with Gasteiger partial charge in [-0.15, -0.1) is 0 Å². The zero-order chi connectivity index (χ0) is 29.1. The third-order valence-electron chi connectivity index (χ3n) is 7.08. The number of nitrogens with one attached hydrogen (secondary N) is 3. The minimum atomic E-state index is -1.04. The van der Waals surface area contributed by atoms with Crippen molar-refractivity contribution in [2.24, 2.45) is 0 Å². The van der Waals surface area contributed by atoms with Gasteiger partial charge >= 0.3 is 12.2 Å². The van der Waals surface area contributed by atoms with E-state index in [0.717, 1.165) is 9.13 Å². The van der Waals surface area contributed by atoms with Gasteiger partial charge in [-0.3, -0.25) is 20.2 Å². The van der Waals surface area contributed by atoms with Crippen molar-refractivity contribution in [1.82, 2.24) is 10.2 Å². The molecule has 2 aliphatic heterocycles. The lowest BCUT2D eigenvalue weighted by Gasteiger charge is -2.35. The maximum atomic E-state index is 13.9. The fourth-order valence-electron chi connectivity index (χ4n) is 5.04. The molecule has 3 N–H and O–H groups in total. The van der Waals surface area contributed by atoms with E-state index in [0.29, 0.717) is 40.5 Å². The van der Waals surface area contributed by atoms with E-state index in [2.05, 4.69) is 43.3 Å². The van der Waals surface area contributed by atoms with E-state index in [1.54, 1.807) is 47.4 Å². The molecular weight excluding hydrogens is 663 g/mol. The first-order chi connectivity index (χ1) is 19.7. The summed E-state index contributed by atoms with van der Waals surface area (Å²) < 4.78 is 11.4. The Bertz CT molecular complexity index is 1500. The average molecular weight is 689 g/mol. The first-order valence-electron chi connectivity index (χ1n) is 12.7. The van der Waals surface area contributed by atoms with E-state index in [4.69, 9.17) is 16.3 Å². The van der Waals surface area contributed by atoms with Gasteiger partial charge in [-0.2, -0.15) is 0 Å². The van der Waals surface area contributed by atoms with Crippen LogP contribution >= 0.6 is 34.2 Å². The number of fused-ring (bicyclic) bond motifs is 2. The SMILES string of the molecule is COC(=O)Nc1ccc(C(=O)N[C@@H](Cc2ccc(I)cc2)C(=O)N2CC[C@@]3(C2)OC(=O)Nc2ccc(Cl)cc23)cc1. The van der Waals surface area contributed by atoms with Crippen molar-refractivity contribution in [1.29, 1.82) is 0 Å². The largest absolute Gasteiger partial charge is 0.453 e. The zero-order valence-corrected chi connectivity index (χ0v) is 24.8. The minimum absolute atomic E-state index is 0.125. The molecule has 1 saturated heterocycles. The van der Waals surface area contributed by atoms with Crippen molar-refractivity contribution in [3.8, 4) is 0 Å². The second-order valence-electron chi connectivity index (χ2n) is 9.76. The van der Waals surface area contributed by atoms with Gasteiger partial charge in [0.1, 0.15) is 6.04 Å². The fraction of sp³-hybridized carbons (Fsp3) is 0.241. The lowest BCUT2D eigenvalue weighted by atomic mass is 9.90. The Kier molecular flexibility index (Phi) is 8.36. The van der Waals surface area contributed by atoms with Crippen molar-refractivity contribution >= 4 is 69.6 Å². The molecule has 0 saturated carbocycles. The lowest BCUT2D eigenvalue weighted by Crippen LogP contribution is -2.50. The summed E-state index contributed by atoms with van der Waals surface area (Å²) in [7, 11) is 1.26. The highest BCUT2D eigenvalue weighted by molar-refractivity contribution is 14.1. The number of anilines is 2. The van der Waals surface area contributed by atoms with Crippen LogP contribution in [0, 0.1) is 3.57 Å². The topological polar surface area (TPSA) is 126 Å². The van der Waals surface area contributed by atoms with Crippen LogP contribution in [0.5, 0.6) is 0 Å². The number of likely N-dealkylation sites (tertiary alicyclic amines) is 1. The van der Waals surface area contributed by atoms with Gasteiger partial charge in [0.15, 0.2) is 5.60 Å². The molecule has 0 unspecified atom stereocenters. The Balaban J connectivity index is 1.37. The second-order valence-corrected chi connectivity index (χ2v) is 11.4. The first-order valence-corrected chi connectivity index (χ1v) is 14.2. The summed E-state index contributed by atoms with van der Waals surface area (Å²) in [6.45, 7) is 0.449. The van der Waals surface area contributed by atoms with Gasteiger partial charge in [0, 0.05) is 44.8 Å². The molecule has 41 heavy (non-hydrogen) atoms. The number of halogens is 2. The molecule has 2 aliphatic rings. The molecule has 2 heterocycles. The van der Waals surface area contributed by atoms with Crippen LogP contribution in [-0.4, -0.2) is 55.1 Å². The normalized spacial score (nSPS) is 18.1. The number of methoxy groups -OCH3 is 1. The molecule has 2 atom stereocenters. The standard InChI is InChI=1S/C29H26ClIN4O6/c1-40-27(38)32-21-9-4-18(5-10-21)25(36)33-24(14-17-2-7-20(31)8-3-17)26(37)35-13-12-29(16-35)22-15-19(30)6-11-23(22)34-28(39)41-29/h2-11,15,24H,12-14,16H2,1H3,(H,32,38)(H,33,36)(H,34,39)/t24-,29-/m0/s1. The van der Waals surface area contributed by atoms with Gasteiger partial charge in [0.25, 0.3) is 5.91 Å². The number of ether oxygens (including phenoxy) is 2. The predicted octanol–water partition coefficient (Wildman–Crippen LogP) is 5.15. The van der Waals surface area contributed by atoms with Gasteiger partial charge in [-0.25, -0.2) is 9.59 Å². The number of hydrogen-bond donors (Lipinski definition) is 3. The third-order valence-corrected chi connectivity index (χ3v) is 8.03. The molecule has 10 nitrogen and oxygen atoms in total. The highest BCUT2D eigenvalue weighted by Crippen LogP contribution is 2.43. The summed E-state index contributed by atoms with van der Waals surface area (Å²) in [6, 6.07) is 18.2. The maximum Gasteiger partial charge on any atom is 0.412 e. The summed E-state index contributed by atoms with van der Waals surface area (Å²) in [6.07, 6.45) is -0.573. The van der Waals surface area contributed by atoms with Crippen LogP contribution < -0.4 is 16.0 Å². The monoisotopic (exact) mass is 688 g/mol. The molecule has 3 aromatic carbocycles. The van der Waals surface area contributed by atoms with Crippen LogP contribution in [0.2, 0.25) is 5.02 Å². The smallest absolute Gasteiger partial charge is 0.412 e. The summed E-state index contributed by atoms with van der Waals surface area (Å²) in [5.74, 6) is -0.742. The lowest BCUT2D eigenvalue weighted by molar-refractivity contribution is -0.133. The molecule has 1 fully saturated rings. The van der Waals surface area contributed by atoms with E-state index in [1.165, 1.54) is 7.11 Å². The maximum absolute atomic E-state index is 13.9. The Labute approximate surface area is 254 Å². The van der Waals surface area contributed by atoms with Crippen molar-refractivity contribution in [3.05, 3.63) is 92.0 Å². The first kappa shape index (κ1) is 28.7. The number of amides is 4. The number of carbonyl (C=O) groups is 4. The Hall–Kier alpha value is -3.84. The molecule has 0 aromatic heterocycles. The van der Waals surface area contributed by atoms with E-state index in [-0.39, 0.29) is 18.9 Å². The van der Waals surface area contributed by atoms with Crippen LogP contribution in [0.3, 0.4) is 0 Å². The Morgan fingerprint density at radius 3 is 2.56 bits per heavy atom. The summed E-state index contributed by atoms with van der Waals surface area (Å²) >= 11 is 8.46. The van der Waals surface area contributed by atoms with Crippen molar-refractivity contribution < 1.29 is 28.7 Å². The number of rotatable bonds is 6. The van der Waals surface area contributed by atoms with Crippen molar-refractivity contribution in [2.75, 3.05) is 30.8 Å². The van der Waals surface area contributed by atoms with E-state index >= 15 is 0 Å². The van der Waals surface area contributed by atoms with Crippen LogP contribution in [0.25, 0.3) is 0 Å². The molecule has 3 aromatic rings. The molecule has 4 amide bonds. The third kappa shape index (κ3) is 6.41. The summed E-state index contributed by atoms with van der Waals surface area (Å²) in [5.41, 5.74) is 1.90. The molecule has 0 radical (unpaired) electrons. The fourth-order valence-corrected chi connectivity index (χ4v) is 5.57. The summed E-state index contributed by atoms with van der Waals surface area (Å²) in [5, 5.41) is 8.60. The van der Waals surface area contributed by atoms with Crippen LogP contribution in [0.4, 0.5) is 21.0 Å². The van der Waals surface area contributed by atoms with Crippen LogP contribution in [0.1, 0.15) is 27.9 Å². The number of carbonyl (C=O) groups excluding carboxylic acids is 4. The van der Waals surface area contributed by atoms with Gasteiger partial charge < -0.3 is 19.7 Å². The molecule has 212 valence electrons. The van der Waals surface area contributed by atoms with Gasteiger partial charge in [0.05, 0.1) is 19.3 Å². The summed E-state index contributed by atoms with van der Waals surface area (Å²) in [4.78, 5) is 52.7. The zero-order valence-electron chi connectivity index (χ0n) is 21.9. The Morgan fingerprint density at radius 1 is 1.12 bits per heavy atom. The number of nitrogens with zero attached hydrogens (tertiary/aromatic N) is 1. The Morgan fingerprint density at radius 2 is 1.85 bits per heavy atom. The molecule has 0 bridgehead atoms. The molecule has 5 rings (SSSR count). The highest BCUT2D eigenvalue weighted by Gasteiger charge is 2.49. The predicted molar refractivity (Wildman–Crippen MR) is 161 cm³/mol. The minimum Gasteiger partial charge on any atom is -0.453 e. The molecule has 0 aliphatic carbocycles. The molecule has 1 spiro atoms. The van der Waals surface area contributed by atoms with E-state index < -0.39 is 29.7 Å².